The Balaban J connectivity index is 2.57. The molecule has 0 bridgehead atoms. The van der Waals surface area contributed by atoms with Gasteiger partial charge in [-0.3, -0.25) is 4.79 Å². The van der Waals surface area contributed by atoms with Crippen LogP contribution in [0.3, 0.4) is 0 Å². The highest BCUT2D eigenvalue weighted by atomic mass is 32.1. The number of rotatable bonds is 3. The third kappa shape index (κ3) is 4.49. The zero-order valence-corrected chi connectivity index (χ0v) is 12.3. The van der Waals surface area contributed by atoms with Gasteiger partial charge in [-0.05, 0) is 39.8 Å². The molecule has 0 saturated heterocycles. The number of hydrogen-bond donors (Lipinski definition) is 0. The number of ether oxygens (including phenoxy) is 1. The number of aryl methyl sites for hydroxylation is 1. The molecule has 1 aromatic rings. The lowest BCUT2D eigenvalue weighted by atomic mass is 10.2. The molecular formula is C13H19NO3S. The van der Waals surface area contributed by atoms with Crippen molar-refractivity contribution >= 4 is 23.2 Å². The molecule has 0 aromatic carbocycles. The second-order valence-corrected chi connectivity index (χ2v) is 6.46. The molecule has 100 valence electrons. The zero-order chi connectivity index (χ0) is 13.9. The molecule has 0 aliphatic heterocycles. The van der Waals surface area contributed by atoms with Crippen LogP contribution in [0.4, 0.5) is 4.79 Å². The Labute approximate surface area is 112 Å². The van der Waals surface area contributed by atoms with Crippen molar-refractivity contribution in [2.24, 2.45) is 0 Å². The van der Waals surface area contributed by atoms with Gasteiger partial charge in [0.15, 0.2) is 5.78 Å². The lowest BCUT2D eigenvalue weighted by molar-refractivity contribution is 0.0295. The monoisotopic (exact) mass is 269 g/mol. The largest absolute Gasteiger partial charge is 0.444 e. The Morgan fingerprint density at radius 3 is 2.39 bits per heavy atom. The van der Waals surface area contributed by atoms with Gasteiger partial charge in [0.2, 0.25) is 0 Å². The van der Waals surface area contributed by atoms with Gasteiger partial charge in [-0.2, -0.15) is 0 Å². The average Bonchev–Trinajstić information content (AvgIpc) is 2.62. The molecule has 0 fully saturated rings. The van der Waals surface area contributed by atoms with Gasteiger partial charge >= 0.3 is 6.09 Å². The molecule has 0 saturated carbocycles. The van der Waals surface area contributed by atoms with Crippen molar-refractivity contribution in [3.63, 3.8) is 0 Å². The number of carbonyl (C=O) groups excluding carboxylic acids is 2. The summed E-state index contributed by atoms with van der Waals surface area (Å²) in [6.45, 7) is 7.36. The number of likely N-dealkylation sites (N-methyl/N-ethyl adjacent to an activating group) is 1. The van der Waals surface area contributed by atoms with Crippen molar-refractivity contribution in [3.8, 4) is 0 Å². The Kier molecular flexibility index (Phi) is 4.51. The molecule has 0 radical (unpaired) electrons. The summed E-state index contributed by atoms with van der Waals surface area (Å²) in [5.74, 6) is -0.0681. The van der Waals surface area contributed by atoms with Crippen LogP contribution in [0.5, 0.6) is 0 Å². The quantitative estimate of drug-likeness (QED) is 0.792. The molecule has 18 heavy (non-hydrogen) atoms. The summed E-state index contributed by atoms with van der Waals surface area (Å²) in [6, 6.07) is 3.68. The highest BCUT2D eigenvalue weighted by molar-refractivity contribution is 7.14. The summed E-state index contributed by atoms with van der Waals surface area (Å²) in [7, 11) is 1.56. The first kappa shape index (κ1) is 14.7. The standard InChI is InChI=1S/C13H19NO3S/c1-9-6-7-11(18-9)10(15)8-14(5)12(16)17-13(2,3)4/h6-7H,8H2,1-5H3. The van der Waals surface area contributed by atoms with Crippen molar-refractivity contribution in [2.45, 2.75) is 33.3 Å². The van der Waals surface area contributed by atoms with Crippen molar-refractivity contribution in [1.82, 2.24) is 4.90 Å². The maximum Gasteiger partial charge on any atom is 0.410 e. The highest BCUT2D eigenvalue weighted by Gasteiger charge is 2.21. The molecule has 0 atom stereocenters. The Hall–Kier alpha value is -1.36. The van der Waals surface area contributed by atoms with Crippen LogP contribution < -0.4 is 0 Å². The summed E-state index contributed by atoms with van der Waals surface area (Å²) >= 11 is 1.43. The lowest BCUT2D eigenvalue weighted by Gasteiger charge is -2.24. The van der Waals surface area contributed by atoms with Gasteiger partial charge in [-0.15, -0.1) is 11.3 Å². The summed E-state index contributed by atoms with van der Waals surface area (Å²) in [5.41, 5.74) is -0.548. The normalized spacial score (nSPS) is 11.2. The molecule has 0 N–H and O–H groups in total. The third-order valence-corrected chi connectivity index (χ3v) is 3.14. The van der Waals surface area contributed by atoms with Crippen molar-refractivity contribution in [3.05, 3.63) is 21.9 Å². The maximum atomic E-state index is 11.9. The van der Waals surface area contributed by atoms with Gasteiger partial charge in [-0.1, -0.05) is 0 Å². The summed E-state index contributed by atoms with van der Waals surface area (Å²) in [6.07, 6.45) is -0.482. The Bertz CT molecular complexity index is 445. The van der Waals surface area contributed by atoms with Gasteiger partial charge in [0.25, 0.3) is 0 Å². The van der Waals surface area contributed by atoms with Crippen LogP contribution in [0.15, 0.2) is 12.1 Å². The SMILES string of the molecule is Cc1ccc(C(=O)CN(C)C(=O)OC(C)(C)C)s1. The molecule has 0 spiro atoms. The van der Waals surface area contributed by atoms with E-state index in [4.69, 9.17) is 4.74 Å². The van der Waals surface area contributed by atoms with Gasteiger partial charge in [0, 0.05) is 11.9 Å². The van der Waals surface area contributed by atoms with Crippen molar-refractivity contribution in [2.75, 3.05) is 13.6 Å². The first-order valence-corrected chi connectivity index (χ1v) is 6.54. The molecule has 1 aromatic heterocycles. The van der Waals surface area contributed by atoms with Crippen LogP contribution in [0.25, 0.3) is 0 Å². The average molecular weight is 269 g/mol. The van der Waals surface area contributed by atoms with Gasteiger partial charge < -0.3 is 9.64 Å². The summed E-state index contributed by atoms with van der Waals surface area (Å²) in [5, 5.41) is 0. The predicted octanol–water partition coefficient (Wildman–Crippen LogP) is 3.11. The van der Waals surface area contributed by atoms with E-state index in [9.17, 15) is 9.59 Å². The van der Waals surface area contributed by atoms with E-state index in [1.807, 2.05) is 13.0 Å². The fraction of sp³-hybridized carbons (Fsp3) is 0.538. The zero-order valence-electron chi connectivity index (χ0n) is 11.4. The van der Waals surface area contributed by atoms with E-state index >= 15 is 0 Å². The van der Waals surface area contributed by atoms with Gasteiger partial charge in [0.1, 0.15) is 5.60 Å². The van der Waals surface area contributed by atoms with E-state index in [1.54, 1.807) is 33.9 Å². The van der Waals surface area contributed by atoms with E-state index in [2.05, 4.69) is 0 Å². The number of Topliss-reactive ketones (excluding diaryl/α,β-unsaturated/α-hetero) is 1. The first-order chi connectivity index (χ1) is 8.19. The molecule has 1 amide bonds. The van der Waals surface area contributed by atoms with E-state index in [0.717, 1.165) is 4.88 Å². The van der Waals surface area contributed by atoms with E-state index in [-0.39, 0.29) is 12.3 Å². The van der Waals surface area contributed by atoms with E-state index < -0.39 is 11.7 Å². The number of thiophene rings is 1. The molecule has 0 aliphatic carbocycles. The van der Waals surface area contributed by atoms with Crippen LogP contribution in [0, 0.1) is 6.92 Å². The fourth-order valence-corrected chi connectivity index (χ4v) is 2.08. The second kappa shape index (κ2) is 5.52. The topological polar surface area (TPSA) is 46.6 Å². The van der Waals surface area contributed by atoms with Crippen LogP contribution in [-0.4, -0.2) is 36.0 Å². The number of carbonyl (C=O) groups is 2. The summed E-state index contributed by atoms with van der Waals surface area (Å²) in [4.78, 5) is 26.6. The minimum absolute atomic E-state index is 0.0366. The third-order valence-electron chi connectivity index (χ3n) is 2.10. The number of amides is 1. The number of hydrogen-bond acceptors (Lipinski definition) is 4. The molecule has 1 rings (SSSR count). The van der Waals surface area contributed by atoms with Gasteiger partial charge in [0.05, 0.1) is 11.4 Å². The Morgan fingerprint density at radius 1 is 1.33 bits per heavy atom. The summed E-state index contributed by atoms with van der Waals surface area (Å²) < 4.78 is 5.18. The second-order valence-electron chi connectivity index (χ2n) is 5.17. The van der Waals surface area contributed by atoms with E-state index in [1.165, 1.54) is 16.2 Å². The minimum atomic E-state index is -0.548. The highest BCUT2D eigenvalue weighted by Crippen LogP contribution is 2.16. The van der Waals surface area contributed by atoms with Crippen molar-refractivity contribution in [1.29, 1.82) is 0 Å². The molecule has 5 heteroatoms. The van der Waals surface area contributed by atoms with Crippen LogP contribution in [-0.2, 0) is 4.74 Å². The molecule has 4 nitrogen and oxygen atoms in total. The van der Waals surface area contributed by atoms with Gasteiger partial charge in [-0.25, -0.2) is 4.79 Å². The molecular weight excluding hydrogens is 250 g/mol. The maximum absolute atomic E-state index is 11.9. The fourth-order valence-electron chi connectivity index (χ4n) is 1.28. The Morgan fingerprint density at radius 2 is 1.94 bits per heavy atom. The lowest BCUT2D eigenvalue weighted by Crippen LogP contribution is -2.37. The van der Waals surface area contributed by atoms with Crippen LogP contribution in [0.1, 0.15) is 35.3 Å². The predicted molar refractivity (Wildman–Crippen MR) is 72.3 cm³/mol. The number of nitrogens with zero attached hydrogens (tertiary/aromatic N) is 1. The smallest absolute Gasteiger partial charge is 0.410 e. The molecule has 0 aliphatic rings. The first-order valence-electron chi connectivity index (χ1n) is 5.73. The molecule has 0 unspecified atom stereocenters. The van der Waals surface area contributed by atoms with Crippen molar-refractivity contribution < 1.29 is 14.3 Å². The van der Waals surface area contributed by atoms with E-state index in [0.29, 0.717) is 4.88 Å². The van der Waals surface area contributed by atoms with Crippen LogP contribution >= 0.6 is 11.3 Å². The number of ketones is 1. The molecule has 1 heterocycles. The minimum Gasteiger partial charge on any atom is -0.444 e. The van der Waals surface area contributed by atoms with Crippen LogP contribution in [0.2, 0.25) is 0 Å².